The summed E-state index contributed by atoms with van der Waals surface area (Å²) in [6.45, 7) is 0.942. The lowest BCUT2D eigenvalue weighted by Gasteiger charge is -2.10. The second-order valence-electron chi connectivity index (χ2n) is 3.77. The lowest BCUT2D eigenvalue weighted by atomic mass is 10.2. The van der Waals surface area contributed by atoms with E-state index in [1.54, 1.807) is 30.0 Å². The van der Waals surface area contributed by atoms with Gasteiger partial charge in [-0.25, -0.2) is 0 Å². The molecule has 0 unspecified atom stereocenters. The van der Waals surface area contributed by atoms with Gasteiger partial charge in [-0.15, -0.1) is 11.8 Å². The summed E-state index contributed by atoms with van der Waals surface area (Å²) in [6, 6.07) is 5.16. The fourth-order valence-electron chi connectivity index (χ4n) is 1.20. The first-order chi connectivity index (χ1) is 7.50. The van der Waals surface area contributed by atoms with Crippen LogP contribution < -0.4 is 11.5 Å². The molecule has 4 nitrogen and oxygen atoms in total. The summed E-state index contributed by atoms with van der Waals surface area (Å²) >= 11 is 1.60. The Balaban J connectivity index is 2.76. The quantitative estimate of drug-likeness (QED) is 0.594. The van der Waals surface area contributed by atoms with Crippen LogP contribution in [0.15, 0.2) is 23.1 Å². The average molecular weight is 239 g/mol. The third-order valence-electron chi connectivity index (χ3n) is 2.07. The number of carbonyl (C=O) groups excluding carboxylic acids is 1. The monoisotopic (exact) mass is 239 g/mol. The molecule has 1 aromatic carbocycles. The molecule has 0 heterocycles. The highest BCUT2D eigenvalue weighted by molar-refractivity contribution is 7.99. The Hall–Kier alpha value is -1.20. The summed E-state index contributed by atoms with van der Waals surface area (Å²) in [4.78, 5) is 14.1. The Labute approximate surface area is 100.0 Å². The highest BCUT2D eigenvalue weighted by Gasteiger charge is 2.08. The van der Waals surface area contributed by atoms with Crippen LogP contribution in [-0.4, -0.2) is 37.2 Å². The van der Waals surface area contributed by atoms with E-state index in [0.717, 1.165) is 17.2 Å². The molecule has 1 amide bonds. The summed E-state index contributed by atoms with van der Waals surface area (Å²) in [5, 5.41) is 0. The first kappa shape index (κ1) is 12.9. The van der Waals surface area contributed by atoms with Crippen LogP contribution in [0.2, 0.25) is 0 Å². The van der Waals surface area contributed by atoms with Gasteiger partial charge in [-0.05, 0) is 32.3 Å². The van der Waals surface area contributed by atoms with Gasteiger partial charge in [-0.2, -0.15) is 0 Å². The fraction of sp³-hybridized carbons (Fsp3) is 0.364. The van der Waals surface area contributed by atoms with Crippen molar-refractivity contribution in [2.45, 2.75) is 4.90 Å². The number of nitrogens with two attached hydrogens (primary N) is 2. The number of thioether (sulfide) groups is 1. The molecule has 1 aromatic rings. The van der Waals surface area contributed by atoms with Crippen molar-refractivity contribution in [1.82, 2.24) is 4.90 Å². The predicted octanol–water partition coefficient (Wildman–Crippen LogP) is 1.02. The largest absolute Gasteiger partial charge is 0.399 e. The number of carbonyl (C=O) groups is 1. The van der Waals surface area contributed by atoms with Crippen molar-refractivity contribution in [1.29, 1.82) is 0 Å². The van der Waals surface area contributed by atoms with E-state index in [4.69, 9.17) is 11.5 Å². The van der Waals surface area contributed by atoms with Crippen LogP contribution in [0.25, 0.3) is 0 Å². The maximum atomic E-state index is 11.2. The van der Waals surface area contributed by atoms with E-state index in [0.29, 0.717) is 11.3 Å². The topological polar surface area (TPSA) is 72.3 Å². The Morgan fingerprint density at radius 2 is 2.12 bits per heavy atom. The summed E-state index contributed by atoms with van der Waals surface area (Å²) in [5.74, 6) is 0.490. The number of anilines is 1. The number of hydrogen-bond donors (Lipinski definition) is 2. The molecule has 16 heavy (non-hydrogen) atoms. The highest BCUT2D eigenvalue weighted by Crippen LogP contribution is 2.24. The maximum absolute atomic E-state index is 11.2. The van der Waals surface area contributed by atoms with E-state index in [1.807, 2.05) is 14.1 Å². The highest BCUT2D eigenvalue weighted by atomic mass is 32.2. The molecule has 0 radical (unpaired) electrons. The van der Waals surface area contributed by atoms with E-state index >= 15 is 0 Å². The van der Waals surface area contributed by atoms with Gasteiger partial charge in [0, 0.05) is 22.9 Å². The molecule has 0 aliphatic rings. The third kappa shape index (κ3) is 3.75. The van der Waals surface area contributed by atoms with Gasteiger partial charge in [0.25, 0.3) is 0 Å². The van der Waals surface area contributed by atoms with Crippen LogP contribution in [0.3, 0.4) is 0 Å². The molecule has 0 saturated carbocycles. The molecule has 0 spiro atoms. The molecule has 0 aromatic heterocycles. The molecule has 5 heteroatoms. The van der Waals surface area contributed by atoms with Gasteiger partial charge >= 0.3 is 0 Å². The van der Waals surface area contributed by atoms with E-state index in [9.17, 15) is 4.79 Å². The molecule has 1 rings (SSSR count). The first-order valence-corrected chi connectivity index (χ1v) is 5.96. The van der Waals surface area contributed by atoms with Gasteiger partial charge in [-0.1, -0.05) is 0 Å². The molecule has 0 atom stereocenters. The summed E-state index contributed by atoms with van der Waals surface area (Å²) in [5.41, 5.74) is 12.2. The molecular weight excluding hydrogens is 222 g/mol. The lowest BCUT2D eigenvalue weighted by Crippen LogP contribution is -2.16. The zero-order valence-corrected chi connectivity index (χ0v) is 10.4. The Bertz CT molecular complexity index is 379. The maximum Gasteiger partial charge on any atom is 0.249 e. The minimum Gasteiger partial charge on any atom is -0.399 e. The van der Waals surface area contributed by atoms with Crippen molar-refractivity contribution in [3.05, 3.63) is 23.8 Å². The number of rotatable bonds is 5. The van der Waals surface area contributed by atoms with Crippen molar-refractivity contribution >= 4 is 23.4 Å². The number of benzene rings is 1. The SMILES string of the molecule is CN(C)CCSc1cc(N)ccc1C(N)=O. The summed E-state index contributed by atoms with van der Waals surface area (Å²) in [7, 11) is 4.02. The summed E-state index contributed by atoms with van der Waals surface area (Å²) in [6.07, 6.45) is 0. The normalized spacial score (nSPS) is 10.7. The smallest absolute Gasteiger partial charge is 0.249 e. The molecule has 88 valence electrons. The third-order valence-corrected chi connectivity index (χ3v) is 3.10. The van der Waals surface area contributed by atoms with E-state index < -0.39 is 5.91 Å². The number of primary amides is 1. The standard InChI is InChI=1S/C11H17N3OS/c1-14(2)5-6-16-10-7-8(12)3-4-9(10)11(13)15/h3-4,7H,5-6,12H2,1-2H3,(H2,13,15). The average Bonchev–Trinajstić information content (AvgIpc) is 2.16. The molecule has 0 bridgehead atoms. The second kappa shape index (κ2) is 5.77. The molecular formula is C11H17N3OS. The number of hydrogen-bond acceptors (Lipinski definition) is 4. The van der Waals surface area contributed by atoms with Crippen LogP contribution in [0.4, 0.5) is 5.69 Å². The zero-order valence-electron chi connectivity index (χ0n) is 9.56. The van der Waals surface area contributed by atoms with Crippen molar-refractivity contribution in [3.63, 3.8) is 0 Å². The van der Waals surface area contributed by atoms with Gasteiger partial charge in [0.15, 0.2) is 0 Å². The Kier molecular flexibility index (Phi) is 4.64. The van der Waals surface area contributed by atoms with Gasteiger partial charge in [0.2, 0.25) is 5.91 Å². The summed E-state index contributed by atoms with van der Waals surface area (Å²) < 4.78 is 0. The number of nitrogens with zero attached hydrogens (tertiary/aromatic N) is 1. The minimum absolute atomic E-state index is 0.410. The first-order valence-electron chi connectivity index (χ1n) is 4.97. The molecule has 0 saturated heterocycles. The van der Waals surface area contributed by atoms with E-state index in [2.05, 4.69) is 4.90 Å². The predicted molar refractivity (Wildman–Crippen MR) is 68.7 cm³/mol. The lowest BCUT2D eigenvalue weighted by molar-refractivity contribution is 0.0997. The Morgan fingerprint density at radius 1 is 1.44 bits per heavy atom. The zero-order chi connectivity index (χ0) is 12.1. The van der Waals surface area contributed by atoms with E-state index in [-0.39, 0.29) is 0 Å². The van der Waals surface area contributed by atoms with Crippen LogP contribution in [0.5, 0.6) is 0 Å². The van der Waals surface area contributed by atoms with Crippen molar-refractivity contribution in [2.75, 3.05) is 32.1 Å². The van der Waals surface area contributed by atoms with Crippen LogP contribution in [-0.2, 0) is 0 Å². The van der Waals surface area contributed by atoms with Crippen LogP contribution >= 0.6 is 11.8 Å². The van der Waals surface area contributed by atoms with Crippen molar-refractivity contribution in [3.8, 4) is 0 Å². The second-order valence-corrected chi connectivity index (χ2v) is 4.91. The fourth-order valence-corrected chi connectivity index (χ4v) is 2.42. The molecule has 4 N–H and O–H groups in total. The van der Waals surface area contributed by atoms with Crippen LogP contribution in [0.1, 0.15) is 10.4 Å². The number of amides is 1. The molecule has 0 aliphatic carbocycles. The van der Waals surface area contributed by atoms with Crippen molar-refractivity contribution in [2.24, 2.45) is 5.73 Å². The van der Waals surface area contributed by atoms with Gasteiger partial charge in [0.1, 0.15) is 0 Å². The minimum atomic E-state index is -0.410. The van der Waals surface area contributed by atoms with Gasteiger partial charge in [-0.3, -0.25) is 4.79 Å². The number of nitrogen functional groups attached to an aromatic ring is 1. The van der Waals surface area contributed by atoms with Gasteiger partial charge in [0.05, 0.1) is 5.56 Å². The van der Waals surface area contributed by atoms with Crippen LogP contribution in [0, 0.1) is 0 Å². The molecule has 0 aliphatic heterocycles. The van der Waals surface area contributed by atoms with E-state index in [1.165, 1.54) is 0 Å². The van der Waals surface area contributed by atoms with Crippen molar-refractivity contribution < 1.29 is 4.79 Å². The molecule has 0 fully saturated rings. The van der Waals surface area contributed by atoms with Gasteiger partial charge < -0.3 is 16.4 Å². The Morgan fingerprint density at radius 3 is 2.69 bits per heavy atom.